The number of fused-ring (bicyclic) bond motifs is 1. The second-order valence-corrected chi connectivity index (χ2v) is 6.29. The minimum absolute atomic E-state index is 0.0251. The van der Waals surface area contributed by atoms with Crippen molar-refractivity contribution < 1.29 is 14.3 Å². The van der Waals surface area contributed by atoms with E-state index in [4.69, 9.17) is 4.74 Å². The third-order valence-corrected chi connectivity index (χ3v) is 4.66. The van der Waals surface area contributed by atoms with E-state index in [1.165, 1.54) is 6.92 Å². The lowest BCUT2D eigenvalue weighted by atomic mass is 9.84. The summed E-state index contributed by atoms with van der Waals surface area (Å²) in [7, 11) is 0. The molecule has 8 nitrogen and oxygen atoms in total. The largest absolute Gasteiger partial charge is 0.376 e. The quantitative estimate of drug-likeness (QED) is 0.780. The molecule has 2 N–H and O–H groups in total. The molecule has 0 aliphatic carbocycles. The number of carbonyl (C=O) groups excluding carboxylic acids is 2. The van der Waals surface area contributed by atoms with Crippen LogP contribution in [0, 0.1) is 11.8 Å². The van der Waals surface area contributed by atoms with Crippen LogP contribution in [0.25, 0.3) is 0 Å². The lowest BCUT2D eigenvalue weighted by Gasteiger charge is -2.35. The molecule has 0 unspecified atom stereocenters. The third kappa shape index (κ3) is 4.00. The van der Waals surface area contributed by atoms with Crippen molar-refractivity contribution >= 4 is 17.8 Å². The van der Waals surface area contributed by atoms with Crippen molar-refractivity contribution in [1.29, 1.82) is 0 Å². The van der Waals surface area contributed by atoms with Crippen LogP contribution in [-0.4, -0.2) is 65.6 Å². The monoisotopic (exact) mass is 333 g/mol. The molecule has 24 heavy (non-hydrogen) atoms. The highest BCUT2D eigenvalue weighted by Crippen LogP contribution is 2.34. The van der Waals surface area contributed by atoms with Crippen LogP contribution in [0.5, 0.6) is 0 Å². The highest BCUT2D eigenvalue weighted by atomic mass is 16.5. The van der Waals surface area contributed by atoms with Gasteiger partial charge in [-0.05, 0) is 18.4 Å². The van der Waals surface area contributed by atoms with Gasteiger partial charge in [-0.1, -0.05) is 0 Å². The van der Waals surface area contributed by atoms with E-state index in [1.807, 2.05) is 4.90 Å². The van der Waals surface area contributed by atoms with Crippen LogP contribution < -0.4 is 10.6 Å². The summed E-state index contributed by atoms with van der Waals surface area (Å²) < 4.78 is 5.92. The first-order valence-corrected chi connectivity index (χ1v) is 8.28. The molecule has 0 radical (unpaired) electrons. The Morgan fingerprint density at radius 2 is 2.17 bits per heavy atom. The van der Waals surface area contributed by atoms with Crippen LogP contribution in [0.2, 0.25) is 0 Å². The molecule has 2 amide bonds. The summed E-state index contributed by atoms with van der Waals surface area (Å²) in [6.45, 7) is 4.23. The van der Waals surface area contributed by atoms with Gasteiger partial charge in [0, 0.05) is 44.9 Å². The molecule has 0 bridgehead atoms. The fraction of sp³-hybridized carbons (Fsp3) is 0.625. The van der Waals surface area contributed by atoms with Gasteiger partial charge in [0.25, 0.3) is 0 Å². The molecule has 2 aliphatic heterocycles. The molecule has 2 aliphatic rings. The highest BCUT2D eigenvalue weighted by molar-refractivity contribution is 5.83. The van der Waals surface area contributed by atoms with Gasteiger partial charge in [-0.25, -0.2) is 9.97 Å². The first kappa shape index (κ1) is 16.6. The molecule has 3 atom stereocenters. The summed E-state index contributed by atoms with van der Waals surface area (Å²) in [6.07, 6.45) is 4.43. The standard InChI is InChI=1S/C16H23N5O3/c1-11(22)19-8-15(23)21-6-3-13-12(9-21)10-24-14(13)7-20-16-17-4-2-5-18-16/h2,4-5,12-14H,3,6-10H2,1H3,(H,19,22)(H,17,18,20)/t12-,13-,14-/m1/s1. The molecule has 130 valence electrons. The molecule has 3 heterocycles. The minimum atomic E-state index is -0.184. The zero-order valence-electron chi connectivity index (χ0n) is 13.8. The van der Waals surface area contributed by atoms with Gasteiger partial charge in [0.1, 0.15) is 0 Å². The first-order chi connectivity index (χ1) is 11.6. The molecule has 1 aromatic rings. The molecule has 1 aromatic heterocycles. The summed E-state index contributed by atoms with van der Waals surface area (Å²) in [6, 6.07) is 1.78. The number of ether oxygens (including phenoxy) is 1. The van der Waals surface area contributed by atoms with Crippen LogP contribution in [-0.2, 0) is 14.3 Å². The van der Waals surface area contributed by atoms with Gasteiger partial charge in [-0.3, -0.25) is 9.59 Å². The molecule has 0 saturated carbocycles. The van der Waals surface area contributed by atoms with E-state index < -0.39 is 0 Å². The van der Waals surface area contributed by atoms with Crippen molar-refractivity contribution in [2.24, 2.45) is 11.8 Å². The molecule has 0 aromatic carbocycles. The van der Waals surface area contributed by atoms with Crippen LogP contribution in [0.15, 0.2) is 18.5 Å². The predicted octanol–water partition coefficient (Wildman–Crippen LogP) is -0.112. The fourth-order valence-corrected chi connectivity index (χ4v) is 3.42. The van der Waals surface area contributed by atoms with Crippen LogP contribution >= 0.6 is 0 Å². The van der Waals surface area contributed by atoms with Gasteiger partial charge >= 0.3 is 0 Å². The van der Waals surface area contributed by atoms with E-state index >= 15 is 0 Å². The molecular formula is C16H23N5O3. The molecule has 3 rings (SSSR count). The number of aromatic nitrogens is 2. The third-order valence-electron chi connectivity index (χ3n) is 4.66. The van der Waals surface area contributed by atoms with Crippen molar-refractivity contribution in [2.45, 2.75) is 19.4 Å². The Hall–Kier alpha value is -2.22. The maximum atomic E-state index is 12.1. The Balaban J connectivity index is 1.48. The Kier molecular flexibility index (Phi) is 5.24. The second kappa shape index (κ2) is 7.57. The number of hydrogen-bond acceptors (Lipinski definition) is 6. The fourth-order valence-electron chi connectivity index (χ4n) is 3.42. The minimum Gasteiger partial charge on any atom is -0.376 e. The number of anilines is 1. The van der Waals surface area contributed by atoms with E-state index in [-0.39, 0.29) is 24.5 Å². The number of nitrogens with zero attached hydrogens (tertiary/aromatic N) is 3. The van der Waals surface area contributed by atoms with E-state index in [2.05, 4.69) is 20.6 Å². The average molecular weight is 333 g/mol. The van der Waals surface area contributed by atoms with Crippen LogP contribution in [0.1, 0.15) is 13.3 Å². The summed E-state index contributed by atoms with van der Waals surface area (Å²) in [5, 5.41) is 5.78. The number of piperidine rings is 1. The molecule has 2 fully saturated rings. The SMILES string of the molecule is CC(=O)NCC(=O)N1CC[C@@H]2[C@@H](CO[C@@H]2CNc2ncccn2)C1. The lowest BCUT2D eigenvalue weighted by Crippen LogP contribution is -2.48. The predicted molar refractivity (Wildman–Crippen MR) is 87.1 cm³/mol. The Morgan fingerprint density at radius 1 is 1.38 bits per heavy atom. The van der Waals surface area contributed by atoms with Gasteiger partial charge < -0.3 is 20.3 Å². The zero-order valence-corrected chi connectivity index (χ0v) is 13.8. The van der Waals surface area contributed by atoms with Crippen molar-refractivity contribution in [2.75, 3.05) is 38.1 Å². The van der Waals surface area contributed by atoms with E-state index in [1.54, 1.807) is 18.5 Å². The molecule has 2 saturated heterocycles. The number of hydrogen-bond donors (Lipinski definition) is 2. The van der Waals surface area contributed by atoms with Crippen molar-refractivity contribution in [3.63, 3.8) is 0 Å². The number of rotatable bonds is 5. The first-order valence-electron chi connectivity index (χ1n) is 8.28. The van der Waals surface area contributed by atoms with E-state index in [0.717, 1.165) is 6.42 Å². The Bertz CT molecular complexity index is 582. The Morgan fingerprint density at radius 3 is 2.92 bits per heavy atom. The van der Waals surface area contributed by atoms with Crippen molar-refractivity contribution in [3.8, 4) is 0 Å². The van der Waals surface area contributed by atoms with E-state index in [9.17, 15) is 9.59 Å². The van der Waals surface area contributed by atoms with Gasteiger partial charge in [0.15, 0.2) is 0 Å². The Labute approximate surface area is 141 Å². The maximum Gasteiger partial charge on any atom is 0.241 e. The smallest absolute Gasteiger partial charge is 0.241 e. The number of nitrogens with one attached hydrogen (secondary N) is 2. The molecule has 8 heteroatoms. The summed E-state index contributed by atoms with van der Waals surface area (Å²) >= 11 is 0. The summed E-state index contributed by atoms with van der Waals surface area (Å²) in [4.78, 5) is 33.2. The van der Waals surface area contributed by atoms with Gasteiger partial charge in [-0.15, -0.1) is 0 Å². The van der Waals surface area contributed by atoms with Gasteiger partial charge in [-0.2, -0.15) is 0 Å². The molecular weight excluding hydrogens is 310 g/mol. The number of likely N-dealkylation sites (tertiary alicyclic amines) is 1. The summed E-state index contributed by atoms with van der Waals surface area (Å²) in [5.41, 5.74) is 0. The maximum absolute atomic E-state index is 12.1. The normalized spacial score (nSPS) is 25.9. The molecule has 0 spiro atoms. The number of amides is 2. The van der Waals surface area contributed by atoms with Crippen molar-refractivity contribution in [3.05, 3.63) is 18.5 Å². The highest BCUT2D eigenvalue weighted by Gasteiger charge is 2.41. The van der Waals surface area contributed by atoms with Crippen molar-refractivity contribution in [1.82, 2.24) is 20.2 Å². The lowest BCUT2D eigenvalue weighted by molar-refractivity contribution is -0.134. The van der Waals surface area contributed by atoms with Crippen LogP contribution in [0.3, 0.4) is 0 Å². The second-order valence-electron chi connectivity index (χ2n) is 6.29. The zero-order chi connectivity index (χ0) is 16.9. The van der Waals surface area contributed by atoms with Gasteiger partial charge in [0.05, 0.1) is 19.3 Å². The van der Waals surface area contributed by atoms with Gasteiger partial charge in [0.2, 0.25) is 17.8 Å². The average Bonchev–Trinajstić information content (AvgIpc) is 3.01. The summed E-state index contributed by atoms with van der Waals surface area (Å²) in [5.74, 6) is 1.18. The topological polar surface area (TPSA) is 96.5 Å². The van der Waals surface area contributed by atoms with E-state index in [0.29, 0.717) is 44.0 Å². The van der Waals surface area contributed by atoms with Crippen LogP contribution in [0.4, 0.5) is 5.95 Å². The number of carbonyl (C=O) groups is 2.